The Morgan fingerprint density at radius 1 is 1.60 bits per heavy atom. The Bertz CT molecular complexity index is 659. The highest BCUT2D eigenvalue weighted by Crippen LogP contribution is 2.34. The Balaban J connectivity index is 1.98. The number of aromatic nitrogens is 1. The van der Waals surface area contributed by atoms with Crippen LogP contribution in [0.5, 0.6) is 0 Å². The molecule has 1 saturated heterocycles. The van der Waals surface area contributed by atoms with Gasteiger partial charge in [-0.25, -0.2) is 4.98 Å². The standard InChI is InChI=1S/C13H15ClN4OS/c1-16-12(19)10-5-8(15)6-18(10)13-17-9-3-2-7(14)4-11(9)20-13/h2-4,8,10H,5-6,15H2,1H3,(H,16,19)/t8-,10+/m1/s1. The van der Waals surface area contributed by atoms with Crippen molar-refractivity contribution >= 4 is 44.2 Å². The lowest BCUT2D eigenvalue weighted by Gasteiger charge is -2.21. The van der Waals surface area contributed by atoms with Crippen LogP contribution in [0.25, 0.3) is 10.2 Å². The van der Waals surface area contributed by atoms with Gasteiger partial charge in [0.2, 0.25) is 5.91 Å². The van der Waals surface area contributed by atoms with E-state index in [0.717, 1.165) is 15.3 Å². The molecule has 0 aliphatic carbocycles. The molecule has 3 rings (SSSR count). The van der Waals surface area contributed by atoms with Crippen LogP contribution in [0, 0.1) is 0 Å². The van der Waals surface area contributed by atoms with E-state index in [1.165, 1.54) is 11.3 Å². The fourth-order valence-electron chi connectivity index (χ4n) is 2.50. The number of carbonyl (C=O) groups excluding carboxylic acids is 1. The van der Waals surface area contributed by atoms with Gasteiger partial charge in [0.25, 0.3) is 0 Å². The van der Waals surface area contributed by atoms with E-state index in [1.54, 1.807) is 7.05 Å². The predicted molar refractivity (Wildman–Crippen MR) is 82.4 cm³/mol. The molecular formula is C13H15ClN4OS. The molecule has 0 radical (unpaired) electrons. The Morgan fingerprint density at radius 2 is 2.40 bits per heavy atom. The van der Waals surface area contributed by atoms with Crippen LogP contribution in [-0.2, 0) is 4.79 Å². The van der Waals surface area contributed by atoms with Crippen molar-refractivity contribution in [2.24, 2.45) is 5.73 Å². The third-order valence-corrected chi connectivity index (χ3v) is 4.76. The first kappa shape index (κ1) is 13.6. The van der Waals surface area contributed by atoms with Gasteiger partial charge in [-0.15, -0.1) is 0 Å². The van der Waals surface area contributed by atoms with Gasteiger partial charge in [-0.1, -0.05) is 22.9 Å². The van der Waals surface area contributed by atoms with Crippen LogP contribution in [0.4, 0.5) is 5.13 Å². The summed E-state index contributed by atoms with van der Waals surface area (Å²) in [6.45, 7) is 0.644. The van der Waals surface area contributed by atoms with Crippen LogP contribution in [0.15, 0.2) is 18.2 Å². The predicted octanol–water partition coefficient (Wildman–Crippen LogP) is 1.60. The Morgan fingerprint density at radius 3 is 3.15 bits per heavy atom. The molecule has 5 nitrogen and oxygen atoms in total. The number of nitrogens with zero attached hydrogens (tertiary/aromatic N) is 2. The number of nitrogens with two attached hydrogens (primary N) is 1. The second-order valence-corrected chi connectivity index (χ2v) is 6.33. The number of nitrogens with one attached hydrogen (secondary N) is 1. The molecule has 2 aromatic rings. The zero-order valence-corrected chi connectivity index (χ0v) is 12.5. The van der Waals surface area contributed by atoms with Gasteiger partial charge in [0.15, 0.2) is 5.13 Å². The smallest absolute Gasteiger partial charge is 0.242 e. The zero-order valence-electron chi connectivity index (χ0n) is 11.0. The first-order valence-corrected chi connectivity index (χ1v) is 7.58. The summed E-state index contributed by atoms with van der Waals surface area (Å²) >= 11 is 7.53. The van der Waals surface area contributed by atoms with Crippen molar-refractivity contribution in [3.8, 4) is 0 Å². The first-order valence-electron chi connectivity index (χ1n) is 6.38. The van der Waals surface area contributed by atoms with E-state index < -0.39 is 0 Å². The monoisotopic (exact) mass is 310 g/mol. The normalized spacial score (nSPS) is 22.4. The molecule has 0 spiro atoms. The third kappa shape index (κ3) is 2.34. The number of halogens is 1. The van der Waals surface area contributed by atoms with E-state index in [4.69, 9.17) is 17.3 Å². The number of amides is 1. The van der Waals surface area contributed by atoms with E-state index in [2.05, 4.69) is 10.3 Å². The molecule has 2 heterocycles. The van der Waals surface area contributed by atoms with E-state index in [9.17, 15) is 4.79 Å². The average Bonchev–Trinajstić information content (AvgIpc) is 3.00. The van der Waals surface area contributed by atoms with Gasteiger partial charge in [-0.3, -0.25) is 4.79 Å². The van der Waals surface area contributed by atoms with Gasteiger partial charge in [0.1, 0.15) is 6.04 Å². The number of benzene rings is 1. The molecule has 3 N–H and O–H groups in total. The molecule has 1 aromatic carbocycles. The van der Waals surface area contributed by atoms with Crippen molar-refractivity contribution in [2.45, 2.75) is 18.5 Å². The lowest BCUT2D eigenvalue weighted by Crippen LogP contribution is -2.41. The van der Waals surface area contributed by atoms with E-state index in [-0.39, 0.29) is 18.0 Å². The molecular weight excluding hydrogens is 296 g/mol. The molecule has 1 amide bonds. The summed E-state index contributed by atoms with van der Waals surface area (Å²) in [5.74, 6) is -0.0183. The van der Waals surface area contributed by atoms with Crippen molar-refractivity contribution in [1.29, 1.82) is 0 Å². The van der Waals surface area contributed by atoms with Crippen LogP contribution >= 0.6 is 22.9 Å². The van der Waals surface area contributed by atoms with Gasteiger partial charge in [0, 0.05) is 24.7 Å². The molecule has 20 heavy (non-hydrogen) atoms. The number of anilines is 1. The fraction of sp³-hybridized carbons (Fsp3) is 0.385. The van der Waals surface area contributed by atoms with Gasteiger partial charge >= 0.3 is 0 Å². The number of fused-ring (bicyclic) bond motifs is 1. The summed E-state index contributed by atoms with van der Waals surface area (Å²) in [5, 5.41) is 4.20. The first-order chi connectivity index (χ1) is 9.58. The molecule has 1 aliphatic rings. The SMILES string of the molecule is CNC(=O)[C@@H]1C[C@@H](N)CN1c1nc2ccc(Cl)cc2s1. The molecule has 1 aliphatic heterocycles. The minimum absolute atomic E-state index is 0.00657. The summed E-state index contributed by atoms with van der Waals surface area (Å²) in [4.78, 5) is 18.5. The van der Waals surface area contributed by atoms with Gasteiger partial charge in [0.05, 0.1) is 10.2 Å². The summed E-state index contributed by atoms with van der Waals surface area (Å²) < 4.78 is 1.02. The van der Waals surface area contributed by atoms with Crippen molar-refractivity contribution in [1.82, 2.24) is 10.3 Å². The molecule has 7 heteroatoms. The van der Waals surface area contributed by atoms with E-state index >= 15 is 0 Å². The molecule has 1 aromatic heterocycles. The summed E-state index contributed by atoms with van der Waals surface area (Å²) in [5.41, 5.74) is 6.89. The van der Waals surface area contributed by atoms with Crippen LogP contribution in [0.3, 0.4) is 0 Å². The Labute approximate surface area is 125 Å². The lowest BCUT2D eigenvalue weighted by atomic mass is 10.2. The van der Waals surface area contributed by atoms with Crippen molar-refractivity contribution in [3.63, 3.8) is 0 Å². The van der Waals surface area contributed by atoms with E-state index in [1.807, 2.05) is 23.1 Å². The van der Waals surface area contributed by atoms with E-state index in [0.29, 0.717) is 18.0 Å². The summed E-state index contributed by atoms with van der Waals surface area (Å²) in [6.07, 6.45) is 0.649. The van der Waals surface area contributed by atoms with Crippen molar-refractivity contribution < 1.29 is 4.79 Å². The fourth-order valence-corrected chi connectivity index (χ4v) is 3.80. The summed E-state index contributed by atoms with van der Waals surface area (Å²) in [7, 11) is 1.64. The Hall–Kier alpha value is -1.37. The largest absolute Gasteiger partial charge is 0.357 e. The average molecular weight is 311 g/mol. The lowest BCUT2D eigenvalue weighted by molar-refractivity contribution is -0.121. The number of rotatable bonds is 2. The number of hydrogen-bond donors (Lipinski definition) is 2. The van der Waals surface area contributed by atoms with Crippen molar-refractivity contribution in [2.75, 3.05) is 18.5 Å². The van der Waals surface area contributed by atoms with Crippen LogP contribution in [-0.4, -0.2) is 36.6 Å². The van der Waals surface area contributed by atoms with Crippen LogP contribution in [0.2, 0.25) is 5.02 Å². The quantitative estimate of drug-likeness (QED) is 0.884. The third-order valence-electron chi connectivity index (χ3n) is 3.47. The molecule has 106 valence electrons. The summed E-state index contributed by atoms with van der Waals surface area (Å²) in [6, 6.07) is 5.35. The topological polar surface area (TPSA) is 71.2 Å². The highest BCUT2D eigenvalue weighted by molar-refractivity contribution is 7.22. The maximum Gasteiger partial charge on any atom is 0.242 e. The second-order valence-electron chi connectivity index (χ2n) is 4.89. The molecule has 0 bridgehead atoms. The Kier molecular flexibility index (Phi) is 3.54. The molecule has 0 saturated carbocycles. The molecule has 1 fully saturated rings. The number of thiazole rings is 1. The number of carbonyl (C=O) groups is 1. The minimum atomic E-state index is -0.244. The maximum atomic E-state index is 12.0. The van der Waals surface area contributed by atoms with Crippen LogP contribution < -0.4 is 16.0 Å². The molecule has 0 unspecified atom stereocenters. The highest BCUT2D eigenvalue weighted by Gasteiger charge is 2.36. The zero-order chi connectivity index (χ0) is 14.3. The van der Waals surface area contributed by atoms with Crippen LogP contribution in [0.1, 0.15) is 6.42 Å². The van der Waals surface area contributed by atoms with Crippen molar-refractivity contribution in [3.05, 3.63) is 23.2 Å². The maximum absolute atomic E-state index is 12.0. The number of likely N-dealkylation sites (N-methyl/N-ethyl adjacent to an activating group) is 1. The second kappa shape index (κ2) is 5.20. The van der Waals surface area contributed by atoms with Gasteiger partial charge in [-0.2, -0.15) is 0 Å². The number of hydrogen-bond acceptors (Lipinski definition) is 5. The highest BCUT2D eigenvalue weighted by atomic mass is 35.5. The minimum Gasteiger partial charge on any atom is -0.357 e. The van der Waals surface area contributed by atoms with Gasteiger partial charge in [-0.05, 0) is 24.6 Å². The molecule has 2 atom stereocenters. The van der Waals surface area contributed by atoms with Gasteiger partial charge < -0.3 is 16.0 Å².